The topological polar surface area (TPSA) is 20.2 Å². The maximum Gasteiger partial charge on any atom is 0.0573 e. The first-order valence-electron chi connectivity index (χ1n) is 4.46. The minimum absolute atomic E-state index is 0.0497. The summed E-state index contributed by atoms with van der Waals surface area (Å²) < 4.78 is 0. The first-order chi connectivity index (χ1) is 4.78. The maximum atomic E-state index is 9.52. The monoisotopic (exact) mass is 140 g/mol. The Morgan fingerprint density at radius 2 is 2.40 bits per heavy atom. The highest BCUT2D eigenvalue weighted by molar-refractivity contribution is 5.06. The Bertz CT molecular complexity index is 144. The molecule has 1 nitrogen and oxygen atoms in total. The summed E-state index contributed by atoms with van der Waals surface area (Å²) in [5.41, 5.74) is 0.609. The van der Waals surface area contributed by atoms with Crippen molar-refractivity contribution in [3.63, 3.8) is 0 Å². The van der Waals surface area contributed by atoms with Crippen molar-refractivity contribution in [3.05, 3.63) is 0 Å². The van der Waals surface area contributed by atoms with E-state index in [1.807, 2.05) is 0 Å². The summed E-state index contributed by atoms with van der Waals surface area (Å²) in [5, 5.41) is 9.52. The zero-order chi connectivity index (χ0) is 7.19. The summed E-state index contributed by atoms with van der Waals surface area (Å²) in [6.07, 6.45) is 6.34. The first kappa shape index (κ1) is 6.66. The van der Waals surface area contributed by atoms with Gasteiger partial charge in [-0.05, 0) is 30.6 Å². The fourth-order valence-corrected chi connectivity index (χ4v) is 2.66. The third-order valence-corrected chi connectivity index (χ3v) is 3.60. The lowest BCUT2D eigenvalue weighted by atomic mass is 9.85. The maximum absolute atomic E-state index is 9.52. The molecule has 0 bridgehead atoms. The summed E-state index contributed by atoms with van der Waals surface area (Å²) in [6, 6.07) is 0. The van der Waals surface area contributed by atoms with Crippen LogP contribution in [0.5, 0.6) is 0 Å². The van der Waals surface area contributed by atoms with Gasteiger partial charge >= 0.3 is 0 Å². The van der Waals surface area contributed by atoms with Gasteiger partial charge in [-0.1, -0.05) is 19.8 Å². The molecule has 10 heavy (non-hydrogen) atoms. The zero-order valence-electron chi connectivity index (χ0n) is 6.64. The van der Waals surface area contributed by atoms with Crippen LogP contribution in [0, 0.1) is 11.3 Å². The fraction of sp³-hybridized carbons (Fsp3) is 1.00. The number of hydrogen-bond donors (Lipinski definition) is 1. The second-order valence-electron chi connectivity index (χ2n) is 3.99. The van der Waals surface area contributed by atoms with E-state index >= 15 is 0 Å². The van der Waals surface area contributed by atoms with Gasteiger partial charge in [-0.3, -0.25) is 0 Å². The van der Waals surface area contributed by atoms with Crippen LogP contribution in [0.2, 0.25) is 0 Å². The number of hydrogen-bond acceptors (Lipinski definition) is 1. The van der Waals surface area contributed by atoms with E-state index in [9.17, 15) is 5.11 Å². The van der Waals surface area contributed by atoms with Crippen LogP contribution >= 0.6 is 0 Å². The van der Waals surface area contributed by atoms with E-state index in [2.05, 4.69) is 6.92 Å². The van der Waals surface area contributed by atoms with Crippen molar-refractivity contribution in [2.24, 2.45) is 11.3 Å². The Balaban J connectivity index is 2.05. The Kier molecular flexibility index (Phi) is 1.31. The molecule has 2 saturated carbocycles. The average molecular weight is 140 g/mol. The van der Waals surface area contributed by atoms with Gasteiger partial charge in [0, 0.05) is 0 Å². The van der Waals surface area contributed by atoms with Crippen LogP contribution in [0.3, 0.4) is 0 Å². The summed E-state index contributed by atoms with van der Waals surface area (Å²) >= 11 is 0. The van der Waals surface area contributed by atoms with E-state index in [0.717, 1.165) is 6.42 Å². The van der Waals surface area contributed by atoms with Gasteiger partial charge in [-0.25, -0.2) is 0 Å². The highest BCUT2D eigenvalue weighted by Crippen LogP contribution is 2.63. The van der Waals surface area contributed by atoms with Crippen molar-refractivity contribution in [3.8, 4) is 0 Å². The average Bonchev–Trinajstić information content (AvgIpc) is 2.65. The number of aliphatic hydroxyl groups excluding tert-OH is 1. The molecule has 0 heterocycles. The quantitative estimate of drug-likeness (QED) is 0.590. The smallest absolute Gasteiger partial charge is 0.0573 e. The van der Waals surface area contributed by atoms with Crippen molar-refractivity contribution in [1.82, 2.24) is 0 Å². The molecule has 0 aromatic carbocycles. The normalized spacial score (nSPS) is 52.2. The minimum Gasteiger partial charge on any atom is -0.393 e. The molecule has 1 N–H and O–H groups in total. The summed E-state index contributed by atoms with van der Waals surface area (Å²) in [4.78, 5) is 0. The molecule has 3 atom stereocenters. The molecule has 0 aliphatic heterocycles. The molecule has 2 fully saturated rings. The largest absolute Gasteiger partial charge is 0.393 e. The molecule has 0 saturated heterocycles. The van der Waals surface area contributed by atoms with Gasteiger partial charge in [0.05, 0.1) is 6.10 Å². The van der Waals surface area contributed by atoms with Gasteiger partial charge in [0.25, 0.3) is 0 Å². The van der Waals surface area contributed by atoms with Crippen LogP contribution in [0.15, 0.2) is 0 Å². The minimum atomic E-state index is 0.0497. The predicted octanol–water partition coefficient (Wildman–Crippen LogP) is 1.95. The van der Waals surface area contributed by atoms with Crippen LogP contribution in [0.1, 0.15) is 39.0 Å². The molecule has 2 aliphatic rings. The van der Waals surface area contributed by atoms with Crippen LogP contribution in [0.25, 0.3) is 0 Å². The van der Waals surface area contributed by atoms with E-state index in [1.165, 1.54) is 25.7 Å². The molecule has 2 rings (SSSR count). The summed E-state index contributed by atoms with van der Waals surface area (Å²) in [6.45, 7) is 2.26. The second-order valence-corrected chi connectivity index (χ2v) is 3.99. The zero-order valence-corrected chi connectivity index (χ0v) is 6.64. The van der Waals surface area contributed by atoms with Crippen LogP contribution in [-0.4, -0.2) is 11.2 Å². The summed E-state index contributed by atoms with van der Waals surface area (Å²) in [5.74, 6) is 0.686. The standard InChI is InChI=1S/C9H16O/c1-2-9-5-3-4-8(10)7(9)6-9/h7-8,10H,2-6H2,1H3/t7-,8+,9-/m1/s1. The molecule has 58 valence electrons. The molecule has 1 heteroatoms. The lowest BCUT2D eigenvalue weighted by Gasteiger charge is -2.23. The van der Waals surface area contributed by atoms with Crippen molar-refractivity contribution in [2.75, 3.05) is 0 Å². The Morgan fingerprint density at radius 1 is 1.60 bits per heavy atom. The first-order valence-corrected chi connectivity index (χ1v) is 4.46. The fourth-order valence-electron chi connectivity index (χ4n) is 2.66. The van der Waals surface area contributed by atoms with Crippen molar-refractivity contribution in [1.29, 1.82) is 0 Å². The third kappa shape index (κ3) is 0.731. The molecule has 0 radical (unpaired) electrons. The molecule has 0 amide bonds. The molecule has 0 aromatic heterocycles. The Labute approximate surface area is 62.4 Å². The highest BCUT2D eigenvalue weighted by Gasteiger charge is 2.56. The van der Waals surface area contributed by atoms with Gasteiger partial charge < -0.3 is 5.11 Å². The highest BCUT2D eigenvalue weighted by atomic mass is 16.3. The predicted molar refractivity (Wildman–Crippen MR) is 40.7 cm³/mol. The Hall–Kier alpha value is -0.0400. The molecule has 0 aromatic rings. The van der Waals surface area contributed by atoms with E-state index in [4.69, 9.17) is 0 Å². The SMILES string of the molecule is CC[C@]12CCC[C@H](O)[C@H]1C2. The molecule has 0 unspecified atom stereocenters. The van der Waals surface area contributed by atoms with Crippen molar-refractivity contribution in [2.45, 2.75) is 45.1 Å². The van der Waals surface area contributed by atoms with E-state index < -0.39 is 0 Å². The molecular weight excluding hydrogens is 124 g/mol. The van der Waals surface area contributed by atoms with Crippen molar-refractivity contribution >= 4 is 0 Å². The van der Waals surface area contributed by atoms with Gasteiger partial charge in [0.2, 0.25) is 0 Å². The Morgan fingerprint density at radius 3 is 3.00 bits per heavy atom. The number of rotatable bonds is 1. The molecule has 0 spiro atoms. The van der Waals surface area contributed by atoms with Crippen LogP contribution in [0.4, 0.5) is 0 Å². The van der Waals surface area contributed by atoms with Crippen LogP contribution in [-0.2, 0) is 0 Å². The van der Waals surface area contributed by atoms with E-state index in [0.29, 0.717) is 11.3 Å². The van der Waals surface area contributed by atoms with E-state index in [1.54, 1.807) is 0 Å². The van der Waals surface area contributed by atoms with Gasteiger partial charge in [-0.2, -0.15) is 0 Å². The van der Waals surface area contributed by atoms with Crippen LogP contribution < -0.4 is 0 Å². The lowest BCUT2D eigenvalue weighted by Crippen LogP contribution is -2.20. The molecular formula is C9H16O. The third-order valence-electron chi connectivity index (χ3n) is 3.60. The summed E-state index contributed by atoms with van der Waals surface area (Å²) in [7, 11) is 0. The number of fused-ring (bicyclic) bond motifs is 1. The van der Waals surface area contributed by atoms with Gasteiger partial charge in [0.15, 0.2) is 0 Å². The molecule has 2 aliphatic carbocycles. The number of aliphatic hydroxyl groups is 1. The van der Waals surface area contributed by atoms with Crippen molar-refractivity contribution < 1.29 is 5.11 Å². The van der Waals surface area contributed by atoms with Gasteiger partial charge in [0.1, 0.15) is 0 Å². The second kappa shape index (κ2) is 1.97. The van der Waals surface area contributed by atoms with Gasteiger partial charge in [-0.15, -0.1) is 0 Å². The lowest BCUT2D eigenvalue weighted by molar-refractivity contribution is 0.0919. The van der Waals surface area contributed by atoms with E-state index in [-0.39, 0.29) is 6.10 Å².